The molecule has 27 heavy (non-hydrogen) atoms. The molecule has 1 aliphatic heterocycles. The van der Waals surface area contributed by atoms with E-state index in [2.05, 4.69) is 34.5 Å². The number of amides is 1. The first-order valence-electron chi connectivity index (χ1n) is 9.75. The number of carbonyl (C=O) groups is 1. The van der Waals surface area contributed by atoms with E-state index >= 15 is 0 Å². The monoisotopic (exact) mass is 369 g/mol. The lowest BCUT2D eigenvalue weighted by molar-refractivity contribution is 0.0633. The molecule has 2 aromatic rings. The molecule has 0 atom stereocenters. The number of aromatic nitrogens is 2. The minimum atomic E-state index is 0.136. The molecule has 0 unspecified atom stereocenters. The quantitative estimate of drug-likeness (QED) is 0.785. The lowest BCUT2D eigenvalue weighted by Gasteiger charge is -2.35. The van der Waals surface area contributed by atoms with Crippen molar-refractivity contribution in [3.05, 3.63) is 48.0 Å². The van der Waals surface area contributed by atoms with Crippen molar-refractivity contribution in [2.45, 2.75) is 26.3 Å². The summed E-state index contributed by atoms with van der Waals surface area (Å²) in [5.41, 5.74) is 1.88. The van der Waals surface area contributed by atoms with Crippen LogP contribution in [0.15, 0.2) is 36.7 Å². The van der Waals surface area contributed by atoms with Crippen LogP contribution in [0.25, 0.3) is 0 Å². The third-order valence-electron chi connectivity index (χ3n) is 5.21. The molecule has 0 bridgehead atoms. The maximum atomic E-state index is 12.7. The highest BCUT2D eigenvalue weighted by Crippen LogP contribution is 2.15. The lowest BCUT2D eigenvalue weighted by Crippen LogP contribution is -2.49. The van der Waals surface area contributed by atoms with Gasteiger partial charge in [0.1, 0.15) is 5.82 Å². The average Bonchev–Trinajstić information content (AvgIpc) is 3.15. The number of benzene rings is 1. The van der Waals surface area contributed by atoms with E-state index < -0.39 is 0 Å². The third kappa shape index (κ3) is 4.69. The Morgan fingerprint density at radius 2 is 1.74 bits per heavy atom. The van der Waals surface area contributed by atoms with Crippen LogP contribution in [0.2, 0.25) is 0 Å². The average molecular weight is 370 g/mol. The topological polar surface area (TPSA) is 44.6 Å². The molecular formula is C21H31N5O. The number of carbonyl (C=O) groups excluding carboxylic acids is 1. The summed E-state index contributed by atoms with van der Waals surface area (Å²) in [4.78, 5) is 23.6. The molecule has 146 valence electrons. The molecule has 0 aliphatic carbocycles. The van der Waals surface area contributed by atoms with Gasteiger partial charge in [0.25, 0.3) is 5.91 Å². The fraction of sp³-hybridized carbons (Fsp3) is 0.524. The smallest absolute Gasteiger partial charge is 0.253 e. The second-order valence-electron chi connectivity index (χ2n) is 7.71. The van der Waals surface area contributed by atoms with Gasteiger partial charge in [0.2, 0.25) is 0 Å². The molecule has 0 N–H and O–H groups in total. The number of hydrogen-bond acceptors (Lipinski definition) is 4. The van der Waals surface area contributed by atoms with Gasteiger partial charge in [-0.2, -0.15) is 0 Å². The zero-order valence-corrected chi connectivity index (χ0v) is 16.9. The number of hydrogen-bond donors (Lipinski definition) is 0. The first-order valence-corrected chi connectivity index (χ1v) is 9.75. The lowest BCUT2D eigenvalue weighted by atomic mass is 10.1. The molecule has 6 nitrogen and oxygen atoms in total. The van der Waals surface area contributed by atoms with Crippen LogP contribution in [0.1, 0.15) is 35.9 Å². The summed E-state index contributed by atoms with van der Waals surface area (Å²) in [6.45, 7) is 9.72. The van der Waals surface area contributed by atoms with Gasteiger partial charge in [-0.25, -0.2) is 4.98 Å². The zero-order valence-electron chi connectivity index (χ0n) is 16.9. The van der Waals surface area contributed by atoms with Crippen LogP contribution in [0.3, 0.4) is 0 Å². The van der Waals surface area contributed by atoms with E-state index in [1.807, 2.05) is 54.4 Å². The van der Waals surface area contributed by atoms with Crippen LogP contribution >= 0.6 is 0 Å². The van der Waals surface area contributed by atoms with Crippen LogP contribution < -0.4 is 4.90 Å². The molecule has 0 spiro atoms. The fourth-order valence-corrected chi connectivity index (χ4v) is 3.52. The fourth-order valence-electron chi connectivity index (χ4n) is 3.52. The van der Waals surface area contributed by atoms with Crippen molar-refractivity contribution in [3.63, 3.8) is 0 Å². The maximum absolute atomic E-state index is 12.7. The second-order valence-corrected chi connectivity index (χ2v) is 7.71. The van der Waals surface area contributed by atoms with Crippen molar-refractivity contribution in [2.75, 3.05) is 51.7 Å². The van der Waals surface area contributed by atoms with Crippen molar-refractivity contribution >= 4 is 11.6 Å². The van der Waals surface area contributed by atoms with Crippen LogP contribution in [0.5, 0.6) is 0 Å². The SMILES string of the molecule is CC(C)c1nccn1CCN1CCN(C(=O)c2ccc(N(C)C)cc2)CC1. The van der Waals surface area contributed by atoms with Crippen molar-refractivity contribution in [1.29, 1.82) is 0 Å². The van der Waals surface area contributed by atoms with E-state index in [9.17, 15) is 4.79 Å². The largest absolute Gasteiger partial charge is 0.378 e. The highest BCUT2D eigenvalue weighted by Gasteiger charge is 2.22. The van der Waals surface area contributed by atoms with E-state index in [0.29, 0.717) is 5.92 Å². The molecule has 6 heteroatoms. The van der Waals surface area contributed by atoms with E-state index in [-0.39, 0.29) is 5.91 Å². The van der Waals surface area contributed by atoms with E-state index in [1.165, 1.54) is 0 Å². The van der Waals surface area contributed by atoms with Crippen LogP contribution in [0.4, 0.5) is 5.69 Å². The van der Waals surface area contributed by atoms with Gasteiger partial charge < -0.3 is 14.4 Å². The predicted octanol–water partition coefficient (Wildman–Crippen LogP) is 2.53. The first kappa shape index (κ1) is 19.4. The van der Waals surface area contributed by atoms with Crippen molar-refractivity contribution in [1.82, 2.24) is 19.4 Å². The van der Waals surface area contributed by atoms with Crippen LogP contribution in [-0.4, -0.2) is 72.1 Å². The highest BCUT2D eigenvalue weighted by atomic mass is 16.2. The number of piperazine rings is 1. The minimum Gasteiger partial charge on any atom is -0.378 e. The molecule has 3 rings (SSSR count). The minimum absolute atomic E-state index is 0.136. The molecular weight excluding hydrogens is 338 g/mol. The Labute approximate surface area is 162 Å². The predicted molar refractivity (Wildman–Crippen MR) is 109 cm³/mol. The van der Waals surface area contributed by atoms with Crippen LogP contribution in [0, 0.1) is 0 Å². The molecule has 1 fully saturated rings. The van der Waals surface area contributed by atoms with Crippen molar-refractivity contribution < 1.29 is 4.79 Å². The van der Waals surface area contributed by atoms with E-state index in [1.54, 1.807) is 0 Å². The summed E-state index contributed by atoms with van der Waals surface area (Å²) in [6, 6.07) is 7.86. The van der Waals surface area contributed by atoms with Gasteiger partial charge in [-0.15, -0.1) is 0 Å². The van der Waals surface area contributed by atoms with Gasteiger partial charge in [-0.05, 0) is 24.3 Å². The Morgan fingerprint density at radius 1 is 1.07 bits per heavy atom. The molecule has 1 amide bonds. The molecule has 1 aromatic carbocycles. The van der Waals surface area contributed by atoms with Gasteiger partial charge in [0.15, 0.2) is 0 Å². The van der Waals surface area contributed by atoms with Gasteiger partial charge in [-0.3, -0.25) is 9.69 Å². The maximum Gasteiger partial charge on any atom is 0.253 e. The number of nitrogens with zero attached hydrogens (tertiary/aromatic N) is 5. The summed E-state index contributed by atoms with van der Waals surface area (Å²) in [5.74, 6) is 1.72. The highest BCUT2D eigenvalue weighted by molar-refractivity contribution is 5.94. The van der Waals surface area contributed by atoms with Gasteiger partial charge in [0.05, 0.1) is 0 Å². The Bertz CT molecular complexity index is 742. The summed E-state index contributed by atoms with van der Waals surface area (Å²) in [6.07, 6.45) is 3.94. The van der Waals surface area contributed by atoms with E-state index in [4.69, 9.17) is 0 Å². The van der Waals surface area contributed by atoms with Crippen molar-refractivity contribution in [2.24, 2.45) is 0 Å². The van der Waals surface area contributed by atoms with Crippen molar-refractivity contribution in [3.8, 4) is 0 Å². The summed E-state index contributed by atoms with van der Waals surface area (Å²) >= 11 is 0. The van der Waals surface area contributed by atoms with E-state index in [0.717, 1.165) is 56.3 Å². The number of rotatable bonds is 6. The molecule has 1 aromatic heterocycles. The molecule has 2 heterocycles. The molecule has 1 saturated heterocycles. The normalized spacial score (nSPS) is 15.4. The molecule has 1 aliphatic rings. The summed E-state index contributed by atoms with van der Waals surface area (Å²) in [7, 11) is 4.01. The molecule has 0 saturated carbocycles. The summed E-state index contributed by atoms with van der Waals surface area (Å²) < 4.78 is 2.24. The number of imidazole rings is 1. The first-order chi connectivity index (χ1) is 13.0. The Morgan fingerprint density at radius 3 is 2.33 bits per heavy atom. The van der Waals surface area contributed by atoms with Gasteiger partial charge in [0, 0.05) is 82.9 Å². The van der Waals surface area contributed by atoms with Gasteiger partial charge in [-0.1, -0.05) is 13.8 Å². The second kappa shape index (κ2) is 8.57. The van der Waals surface area contributed by atoms with Gasteiger partial charge >= 0.3 is 0 Å². The molecule has 0 radical (unpaired) electrons. The Hall–Kier alpha value is -2.34. The number of anilines is 1. The standard InChI is InChI=1S/C21H31N5O/c1-17(2)20-22-9-10-25(20)14-11-24-12-15-26(16-13-24)21(27)18-5-7-19(8-6-18)23(3)4/h5-10,17H,11-16H2,1-4H3. The Balaban J connectivity index is 1.49. The van der Waals surface area contributed by atoms with Crippen LogP contribution in [-0.2, 0) is 6.54 Å². The third-order valence-corrected chi connectivity index (χ3v) is 5.21. The Kier molecular flexibility index (Phi) is 6.16. The zero-order chi connectivity index (χ0) is 19.4. The summed E-state index contributed by atoms with van der Waals surface area (Å²) in [5, 5.41) is 0.